The third kappa shape index (κ3) is 5.25. The van der Waals surface area contributed by atoms with E-state index in [0.29, 0.717) is 13.0 Å². The number of rotatable bonds is 5. The third-order valence-corrected chi connectivity index (χ3v) is 3.29. The standard InChI is InChI=1S/C15H17N4O4.ClH/c1-19(2,10-7-12-11-16-8-9-17-12)15(20)23-14-5-3-13(4-6-14)18(21)22;/h3-6,8-9,11H,7,10H2,1-2H3;1H/q+1;/p-1. The Kier molecular flexibility index (Phi) is 6.75. The Labute approximate surface area is 145 Å². The molecular formula is C15H17ClN4O4. The number of likely N-dealkylation sites (N-methyl/N-ethyl adjacent to an activating group) is 1. The quantitative estimate of drug-likeness (QED) is 0.397. The van der Waals surface area contributed by atoms with Crippen LogP contribution in [0.5, 0.6) is 5.75 Å². The summed E-state index contributed by atoms with van der Waals surface area (Å²) in [4.78, 5) is 30.5. The second-order valence-corrected chi connectivity index (χ2v) is 5.47. The van der Waals surface area contributed by atoms with Crippen LogP contribution >= 0.6 is 0 Å². The Hall–Kier alpha value is -2.58. The minimum absolute atomic E-state index is 0. The topological polar surface area (TPSA) is 95.2 Å². The van der Waals surface area contributed by atoms with Gasteiger partial charge in [0, 0.05) is 37.1 Å². The molecule has 1 aromatic heterocycles. The Bertz CT molecular complexity index is 692. The molecule has 1 heterocycles. The molecule has 0 saturated carbocycles. The van der Waals surface area contributed by atoms with Gasteiger partial charge in [0.25, 0.3) is 5.69 Å². The van der Waals surface area contributed by atoms with Crippen LogP contribution in [0.25, 0.3) is 0 Å². The lowest BCUT2D eigenvalue weighted by atomic mass is 10.3. The van der Waals surface area contributed by atoms with Crippen LogP contribution in [0.3, 0.4) is 0 Å². The van der Waals surface area contributed by atoms with E-state index in [1.807, 2.05) is 0 Å². The molecule has 8 nitrogen and oxygen atoms in total. The van der Waals surface area contributed by atoms with Gasteiger partial charge in [0.05, 0.1) is 31.3 Å². The predicted molar refractivity (Wildman–Crippen MR) is 81.8 cm³/mol. The van der Waals surface area contributed by atoms with Crippen molar-refractivity contribution in [3.63, 3.8) is 0 Å². The van der Waals surface area contributed by atoms with Crippen LogP contribution in [0.15, 0.2) is 42.9 Å². The van der Waals surface area contributed by atoms with Crippen LogP contribution < -0.4 is 17.1 Å². The number of nitro benzene ring substituents is 1. The van der Waals surface area contributed by atoms with E-state index in [1.54, 1.807) is 32.7 Å². The van der Waals surface area contributed by atoms with Gasteiger partial charge in [-0.2, -0.15) is 4.79 Å². The number of halogens is 1. The number of aromatic nitrogens is 2. The summed E-state index contributed by atoms with van der Waals surface area (Å²) >= 11 is 0. The molecule has 0 aliphatic heterocycles. The van der Waals surface area contributed by atoms with Crippen LogP contribution in [0.2, 0.25) is 0 Å². The monoisotopic (exact) mass is 352 g/mol. The van der Waals surface area contributed by atoms with Gasteiger partial charge in [0.2, 0.25) is 0 Å². The number of amides is 1. The van der Waals surface area contributed by atoms with Crippen molar-refractivity contribution in [2.45, 2.75) is 6.42 Å². The van der Waals surface area contributed by atoms with Gasteiger partial charge in [-0.3, -0.25) is 20.1 Å². The van der Waals surface area contributed by atoms with Gasteiger partial charge in [0.15, 0.2) is 0 Å². The summed E-state index contributed by atoms with van der Waals surface area (Å²) in [6.45, 7) is 0.491. The van der Waals surface area contributed by atoms with Crippen molar-refractivity contribution < 1.29 is 31.3 Å². The number of hydrogen-bond acceptors (Lipinski definition) is 6. The number of carbonyl (C=O) groups excluding carboxylic acids is 1. The van der Waals surface area contributed by atoms with Gasteiger partial charge in [0.1, 0.15) is 5.75 Å². The highest BCUT2D eigenvalue weighted by molar-refractivity contribution is 5.63. The molecular weight excluding hydrogens is 336 g/mol. The van der Waals surface area contributed by atoms with Gasteiger partial charge in [-0.15, -0.1) is 0 Å². The number of non-ortho nitro benzene ring substituents is 1. The average Bonchev–Trinajstić information content (AvgIpc) is 2.54. The second kappa shape index (κ2) is 8.32. The van der Waals surface area contributed by atoms with E-state index in [0.717, 1.165) is 5.69 Å². The molecule has 0 atom stereocenters. The fraction of sp³-hybridized carbons (Fsp3) is 0.267. The van der Waals surface area contributed by atoms with E-state index < -0.39 is 11.0 Å². The minimum Gasteiger partial charge on any atom is -1.00 e. The number of ether oxygens (including phenoxy) is 1. The van der Waals surface area contributed by atoms with Gasteiger partial charge in [-0.1, -0.05) is 0 Å². The molecule has 2 rings (SSSR count). The van der Waals surface area contributed by atoms with Crippen LogP contribution in [0.4, 0.5) is 10.5 Å². The lowest BCUT2D eigenvalue weighted by Gasteiger charge is -2.24. The Morgan fingerprint density at radius 2 is 1.92 bits per heavy atom. The van der Waals surface area contributed by atoms with Gasteiger partial charge in [-0.25, -0.2) is 4.48 Å². The Morgan fingerprint density at radius 3 is 2.46 bits per heavy atom. The summed E-state index contributed by atoms with van der Waals surface area (Å²) in [5, 5.41) is 10.6. The zero-order valence-electron chi connectivity index (χ0n) is 13.3. The highest BCUT2D eigenvalue weighted by atomic mass is 35.5. The van der Waals surface area contributed by atoms with Gasteiger partial charge in [-0.05, 0) is 12.1 Å². The fourth-order valence-corrected chi connectivity index (χ4v) is 1.80. The number of nitrogens with zero attached hydrogens (tertiary/aromatic N) is 4. The Balaban J connectivity index is 0.00000288. The molecule has 1 amide bonds. The van der Waals surface area contributed by atoms with Crippen molar-refractivity contribution in [1.29, 1.82) is 0 Å². The second-order valence-electron chi connectivity index (χ2n) is 5.47. The van der Waals surface area contributed by atoms with E-state index >= 15 is 0 Å². The number of nitro groups is 1. The number of benzene rings is 1. The van der Waals surface area contributed by atoms with Crippen molar-refractivity contribution in [2.24, 2.45) is 0 Å². The first-order valence-electron chi connectivity index (χ1n) is 6.93. The molecule has 2 aromatic rings. The zero-order valence-corrected chi connectivity index (χ0v) is 14.0. The molecule has 1 aromatic carbocycles. The van der Waals surface area contributed by atoms with E-state index in [2.05, 4.69) is 9.97 Å². The number of quaternary nitrogens is 1. The highest BCUT2D eigenvalue weighted by Crippen LogP contribution is 2.19. The van der Waals surface area contributed by atoms with Crippen molar-refractivity contribution in [1.82, 2.24) is 9.97 Å². The molecule has 0 fully saturated rings. The summed E-state index contributed by atoms with van der Waals surface area (Å²) in [6, 6.07) is 5.39. The maximum Gasteiger partial charge on any atom is 0.521 e. The third-order valence-electron chi connectivity index (χ3n) is 3.29. The number of hydrogen-bond donors (Lipinski definition) is 0. The summed E-state index contributed by atoms with van der Waals surface area (Å²) in [7, 11) is 3.45. The van der Waals surface area contributed by atoms with Crippen molar-refractivity contribution in [2.75, 3.05) is 20.6 Å². The molecule has 0 unspecified atom stereocenters. The van der Waals surface area contributed by atoms with Crippen LogP contribution in [-0.2, 0) is 6.42 Å². The molecule has 0 radical (unpaired) electrons. The molecule has 128 valence electrons. The Morgan fingerprint density at radius 1 is 1.25 bits per heavy atom. The van der Waals surface area contributed by atoms with Crippen molar-refractivity contribution in [3.8, 4) is 5.75 Å². The molecule has 0 spiro atoms. The normalized spacial score (nSPS) is 10.6. The molecule has 0 aliphatic rings. The summed E-state index contributed by atoms with van der Waals surface area (Å²) in [5.41, 5.74) is 0.739. The first-order chi connectivity index (χ1) is 10.9. The largest absolute Gasteiger partial charge is 1.00 e. The van der Waals surface area contributed by atoms with Crippen LogP contribution in [0, 0.1) is 10.1 Å². The van der Waals surface area contributed by atoms with Crippen LogP contribution in [-0.4, -0.2) is 46.1 Å². The first-order valence-corrected chi connectivity index (χ1v) is 6.93. The highest BCUT2D eigenvalue weighted by Gasteiger charge is 2.29. The molecule has 0 bridgehead atoms. The molecule has 9 heteroatoms. The van der Waals surface area contributed by atoms with Crippen molar-refractivity contribution in [3.05, 3.63) is 58.7 Å². The molecule has 24 heavy (non-hydrogen) atoms. The minimum atomic E-state index is -0.507. The van der Waals surface area contributed by atoms with Crippen LogP contribution in [0.1, 0.15) is 5.69 Å². The summed E-state index contributed by atoms with van der Waals surface area (Å²) in [5.74, 6) is 0.270. The smallest absolute Gasteiger partial charge is 0.521 e. The lowest BCUT2D eigenvalue weighted by Crippen LogP contribution is -3.00. The van der Waals surface area contributed by atoms with E-state index in [4.69, 9.17) is 4.74 Å². The zero-order chi connectivity index (χ0) is 16.9. The van der Waals surface area contributed by atoms with E-state index in [9.17, 15) is 14.9 Å². The molecule has 0 N–H and O–H groups in total. The maximum atomic E-state index is 12.3. The average molecular weight is 353 g/mol. The van der Waals surface area contributed by atoms with Crippen molar-refractivity contribution >= 4 is 11.8 Å². The van der Waals surface area contributed by atoms with E-state index in [-0.39, 0.29) is 28.3 Å². The fourth-order valence-electron chi connectivity index (χ4n) is 1.80. The molecule has 0 aliphatic carbocycles. The maximum absolute atomic E-state index is 12.3. The molecule has 0 saturated heterocycles. The summed E-state index contributed by atoms with van der Waals surface area (Å²) in [6.07, 6.45) is 4.97. The predicted octanol–water partition coefficient (Wildman–Crippen LogP) is -0.793. The first kappa shape index (κ1) is 19.5. The summed E-state index contributed by atoms with van der Waals surface area (Å²) < 4.78 is 5.27. The van der Waals surface area contributed by atoms with E-state index in [1.165, 1.54) is 24.3 Å². The van der Waals surface area contributed by atoms with Gasteiger partial charge < -0.3 is 17.1 Å². The SMILES string of the molecule is C[N+](C)(CCc1cnccn1)C(=O)Oc1ccc([N+](=O)[O-])cc1.[Cl-]. The number of carbonyl (C=O) groups is 1. The van der Waals surface area contributed by atoms with Gasteiger partial charge >= 0.3 is 6.09 Å². The lowest BCUT2D eigenvalue weighted by molar-refractivity contribution is -0.815.